The van der Waals surface area contributed by atoms with Gasteiger partial charge in [-0.3, -0.25) is 9.78 Å². The molecule has 23 heavy (non-hydrogen) atoms. The van der Waals surface area contributed by atoms with Crippen LogP contribution in [0.2, 0.25) is 5.02 Å². The van der Waals surface area contributed by atoms with Crippen molar-refractivity contribution in [3.8, 4) is 0 Å². The van der Waals surface area contributed by atoms with Crippen LogP contribution < -0.4 is 5.32 Å². The van der Waals surface area contributed by atoms with Gasteiger partial charge in [0.2, 0.25) is 0 Å². The Hall–Kier alpha value is -2.65. The highest BCUT2D eigenvalue weighted by atomic mass is 35.5. The second-order valence-electron chi connectivity index (χ2n) is 5.08. The Morgan fingerprint density at radius 3 is 2.30 bits per heavy atom. The van der Waals surface area contributed by atoms with Gasteiger partial charge in [-0.1, -0.05) is 60.1 Å². The molecule has 0 aliphatic carbocycles. The zero-order valence-corrected chi connectivity index (χ0v) is 13.1. The summed E-state index contributed by atoms with van der Waals surface area (Å²) < 4.78 is 0. The highest BCUT2D eigenvalue weighted by Gasteiger charge is 2.19. The summed E-state index contributed by atoms with van der Waals surface area (Å²) in [7, 11) is 0. The molecule has 1 N–H and O–H groups in total. The Balaban J connectivity index is 1.94. The number of carbonyl (C=O) groups excluding carboxylic acids is 1. The summed E-state index contributed by atoms with van der Waals surface area (Å²) in [4.78, 5) is 16.8. The van der Waals surface area contributed by atoms with Gasteiger partial charge in [0.25, 0.3) is 5.91 Å². The zero-order chi connectivity index (χ0) is 16.1. The molecular formula is C19H15ClN2O. The molecule has 3 nitrogen and oxygen atoms in total. The van der Waals surface area contributed by atoms with E-state index in [1.165, 1.54) is 0 Å². The molecule has 0 aliphatic rings. The number of hydrogen-bond acceptors (Lipinski definition) is 2. The maximum atomic E-state index is 12.6. The van der Waals surface area contributed by atoms with E-state index in [1.54, 1.807) is 36.7 Å². The fourth-order valence-electron chi connectivity index (χ4n) is 2.41. The van der Waals surface area contributed by atoms with E-state index in [4.69, 9.17) is 11.6 Å². The van der Waals surface area contributed by atoms with E-state index in [0.717, 1.165) is 11.1 Å². The molecule has 2 aromatic carbocycles. The van der Waals surface area contributed by atoms with Crippen LogP contribution in [0, 0.1) is 0 Å². The Bertz CT molecular complexity index is 751. The average Bonchev–Trinajstić information content (AvgIpc) is 2.61. The van der Waals surface area contributed by atoms with E-state index in [0.29, 0.717) is 10.6 Å². The molecule has 1 amide bonds. The van der Waals surface area contributed by atoms with Crippen LogP contribution in [-0.2, 0) is 0 Å². The van der Waals surface area contributed by atoms with Gasteiger partial charge >= 0.3 is 0 Å². The molecule has 1 aromatic heterocycles. The minimum atomic E-state index is -0.284. The molecule has 0 bridgehead atoms. The SMILES string of the molecule is O=C(N[C@H](c1ccccc1)c1cccnc1)c1ccccc1Cl. The van der Waals surface area contributed by atoms with Crippen LogP contribution in [-0.4, -0.2) is 10.9 Å². The van der Waals surface area contributed by atoms with Gasteiger partial charge in [0.15, 0.2) is 0 Å². The van der Waals surface area contributed by atoms with Gasteiger partial charge in [0.1, 0.15) is 0 Å². The van der Waals surface area contributed by atoms with Gasteiger partial charge in [-0.25, -0.2) is 0 Å². The van der Waals surface area contributed by atoms with Crippen LogP contribution in [0.4, 0.5) is 0 Å². The summed E-state index contributed by atoms with van der Waals surface area (Å²) in [6.45, 7) is 0. The van der Waals surface area contributed by atoms with Crippen molar-refractivity contribution in [3.05, 3.63) is 101 Å². The molecule has 0 unspecified atom stereocenters. The van der Waals surface area contributed by atoms with E-state index in [1.807, 2.05) is 42.5 Å². The Kier molecular flexibility index (Phi) is 4.69. The third-order valence-electron chi connectivity index (χ3n) is 3.54. The Labute approximate surface area is 140 Å². The van der Waals surface area contributed by atoms with Crippen molar-refractivity contribution in [2.24, 2.45) is 0 Å². The molecule has 1 heterocycles. The maximum Gasteiger partial charge on any atom is 0.253 e. The molecule has 0 saturated carbocycles. The number of nitrogens with one attached hydrogen (secondary N) is 1. The van der Waals surface area contributed by atoms with Gasteiger partial charge < -0.3 is 5.32 Å². The van der Waals surface area contributed by atoms with Crippen LogP contribution in [0.5, 0.6) is 0 Å². The fraction of sp³-hybridized carbons (Fsp3) is 0.0526. The number of aromatic nitrogens is 1. The third-order valence-corrected chi connectivity index (χ3v) is 3.87. The normalized spacial score (nSPS) is 11.7. The summed E-state index contributed by atoms with van der Waals surface area (Å²) in [6, 6.07) is 20.3. The summed E-state index contributed by atoms with van der Waals surface area (Å²) in [6.07, 6.45) is 3.46. The quantitative estimate of drug-likeness (QED) is 0.780. The van der Waals surface area contributed by atoms with E-state index in [-0.39, 0.29) is 11.9 Å². The van der Waals surface area contributed by atoms with Crippen LogP contribution in [0.25, 0.3) is 0 Å². The van der Waals surface area contributed by atoms with Crippen molar-refractivity contribution in [2.75, 3.05) is 0 Å². The van der Waals surface area contributed by atoms with E-state index < -0.39 is 0 Å². The van der Waals surface area contributed by atoms with Gasteiger partial charge in [-0.15, -0.1) is 0 Å². The predicted molar refractivity (Wildman–Crippen MR) is 91.4 cm³/mol. The molecule has 4 heteroatoms. The standard InChI is InChI=1S/C19H15ClN2O/c20-17-11-5-4-10-16(17)19(23)22-18(14-7-2-1-3-8-14)15-9-6-12-21-13-15/h1-13,18H,(H,22,23)/t18-/m1/s1. The van der Waals surface area contributed by atoms with Crippen molar-refractivity contribution in [3.63, 3.8) is 0 Å². The van der Waals surface area contributed by atoms with E-state index in [9.17, 15) is 4.79 Å². The van der Waals surface area contributed by atoms with Crippen LogP contribution in [0.3, 0.4) is 0 Å². The summed E-state index contributed by atoms with van der Waals surface area (Å²) in [5.41, 5.74) is 2.36. The summed E-state index contributed by atoms with van der Waals surface area (Å²) in [5.74, 6) is -0.215. The first kappa shape index (κ1) is 15.3. The van der Waals surface area contributed by atoms with E-state index in [2.05, 4.69) is 10.3 Å². The lowest BCUT2D eigenvalue weighted by Crippen LogP contribution is -2.29. The van der Waals surface area contributed by atoms with Crippen molar-refractivity contribution < 1.29 is 4.79 Å². The minimum Gasteiger partial charge on any atom is -0.341 e. The first-order chi connectivity index (χ1) is 11.3. The lowest BCUT2D eigenvalue weighted by molar-refractivity contribution is 0.0943. The molecule has 0 radical (unpaired) electrons. The maximum absolute atomic E-state index is 12.6. The highest BCUT2D eigenvalue weighted by molar-refractivity contribution is 6.33. The third kappa shape index (κ3) is 3.58. The fourth-order valence-corrected chi connectivity index (χ4v) is 2.63. The van der Waals surface area contributed by atoms with Gasteiger partial charge in [-0.2, -0.15) is 0 Å². The molecule has 1 atom stereocenters. The zero-order valence-electron chi connectivity index (χ0n) is 12.3. The lowest BCUT2D eigenvalue weighted by Gasteiger charge is -2.20. The van der Waals surface area contributed by atoms with Crippen molar-refractivity contribution in [1.29, 1.82) is 0 Å². The molecule has 0 fully saturated rings. The number of hydrogen-bond donors (Lipinski definition) is 1. The average molecular weight is 323 g/mol. The van der Waals surface area contributed by atoms with Crippen LogP contribution in [0.15, 0.2) is 79.1 Å². The number of rotatable bonds is 4. The highest BCUT2D eigenvalue weighted by Crippen LogP contribution is 2.23. The number of benzene rings is 2. The second-order valence-corrected chi connectivity index (χ2v) is 5.49. The second kappa shape index (κ2) is 7.07. The van der Waals surface area contributed by atoms with Crippen LogP contribution in [0.1, 0.15) is 27.5 Å². The van der Waals surface area contributed by atoms with Crippen molar-refractivity contribution in [2.45, 2.75) is 6.04 Å². The number of pyridine rings is 1. The molecule has 114 valence electrons. The number of halogens is 1. The molecule has 0 saturated heterocycles. The Morgan fingerprint density at radius 2 is 1.61 bits per heavy atom. The van der Waals surface area contributed by atoms with Gasteiger partial charge in [0.05, 0.1) is 16.6 Å². The first-order valence-corrected chi connectivity index (χ1v) is 7.64. The smallest absolute Gasteiger partial charge is 0.253 e. The van der Waals surface area contributed by atoms with E-state index >= 15 is 0 Å². The van der Waals surface area contributed by atoms with Gasteiger partial charge in [-0.05, 0) is 29.3 Å². The molecule has 3 aromatic rings. The molecule has 3 rings (SSSR count). The topological polar surface area (TPSA) is 42.0 Å². The van der Waals surface area contributed by atoms with Crippen LogP contribution >= 0.6 is 11.6 Å². The molecular weight excluding hydrogens is 308 g/mol. The number of amides is 1. The summed E-state index contributed by atoms with van der Waals surface area (Å²) in [5, 5.41) is 3.48. The van der Waals surface area contributed by atoms with Crippen molar-refractivity contribution >= 4 is 17.5 Å². The largest absolute Gasteiger partial charge is 0.341 e. The minimum absolute atomic E-state index is 0.215. The predicted octanol–water partition coefficient (Wildman–Crippen LogP) is 4.25. The van der Waals surface area contributed by atoms with Gasteiger partial charge in [0, 0.05) is 12.4 Å². The molecule has 0 spiro atoms. The number of nitrogens with zero attached hydrogens (tertiary/aromatic N) is 1. The monoisotopic (exact) mass is 322 g/mol. The Morgan fingerprint density at radius 1 is 0.913 bits per heavy atom. The lowest BCUT2D eigenvalue weighted by atomic mass is 9.99. The molecule has 0 aliphatic heterocycles. The first-order valence-electron chi connectivity index (χ1n) is 7.26. The summed E-state index contributed by atoms with van der Waals surface area (Å²) >= 11 is 6.12. The number of carbonyl (C=O) groups is 1. The van der Waals surface area contributed by atoms with Crippen molar-refractivity contribution in [1.82, 2.24) is 10.3 Å².